The van der Waals surface area contributed by atoms with E-state index in [1.807, 2.05) is 6.92 Å². The van der Waals surface area contributed by atoms with Gasteiger partial charge in [0.1, 0.15) is 6.04 Å². The molecule has 1 unspecified atom stereocenters. The summed E-state index contributed by atoms with van der Waals surface area (Å²) in [6, 6.07) is -0.607. The lowest BCUT2D eigenvalue weighted by Crippen LogP contribution is -2.43. The van der Waals surface area contributed by atoms with Crippen LogP contribution in [0.15, 0.2) is 6.20 Å². The lowest BCUT2D eigenvalue weighted by atomic mass is 10.3. The third-order valence-electron chi connectivity index (χ3n) is 1.79. The number of carbonyl (C=O) groups excluding carboxylic acids is 1. The second-order valence-electron chi connectivity index (χ2n) is 3.13. The maximum Gasteiger partial charge on any atom is 0.239 e. The first-order valence-corrected chi connectivity index (χ1v) is 5.38. The molecule has 5 nitrogen and oxygen atoms in total. The summed E-state index contributed by atoms with van der Waals surface area (Å²) in [6.07, 6.45) is 1.75. The molecule has 0 aliphatic heterocycles. The molecule has 0 bridgehead atoms. The lowest BCUT2D eigenvalue weighted by molar-refractivity contribution is -0.123. The number of nitrogens with two attached hydrogens (primary N) is 1. The predicted octanol–water partition coefficient (Wildman–Crippen LogP) is 0.0414. The highest BCUT2D eigenvalue weighted by Crippen LogP contribution is 2.10. The Morgan fingerprint density at radius 2 is 2.53 bits per heavy atom. The highest BCUT2D eigenvalue weighted by Gasteiger charge is 2.12. The fourth-order valence-electron chi connectivity index (χ4n) is 1.05. The van der Waals surface area contributed by atoms with Crippen LogP contribution in [0, 0.1) is 6.92 Å². The molecule has 1 amide bonds. The zero-order valence-electron chi connectivity index (χ0n) is 8.82. The molecule has 0 aliphatic rings. The van der Waals surface area contributed by atoms with E-state index in [1.54, 1.807) is 17.5 Å². The summed E-state index contributed by atoms with van der Waals surface area (Å²) in [6.45, 7) is 2.63. The smallest absolute Gasteiger partial charge is 0.239 e. The molecule has 0 fully saturated rings. The quantitative estimate of drug-likeness (QED) is 0.747. The first-order chi connectivity index (χ1) is 7.13. The molecular weight excluding hydrogens is 214 g/mol. The van der Waals surface area contributed by atoms with Gasteiger partial charge < -0.3 is 15.8 Å². The Bertz CT molecular complexity index is 327. The number of ether oxygens (including phenoxy) is 1. The fourth-order valence-corrected chi connectivity index (χ4v) is 1.78. The standard InChI is InChI=1S/C9H15N3O2S/c1-6-11-3-7(15-6)4-12-9(13)8(10)5-14-2/h3,8H,4-5,10H2,1-2H3,(H,12,13). The summed E-state index contributed by atoms with van der Waals surface area (Å²) >= 11 is 1.56. The number of hydrogen-bond acceptors (Lipinski definition) is 5. The van der Waals surface area contributed by atoms with E-state index in [2.05, 4.69) is 10.3 Å². The van der Waals surface area contributed by atoms with E-state index in [9.17, 15) is 4.79 Å². The Labute approximate surface area is 92.6 Å². The number of hydrogen-bond donors (Lipinski definition) is 2. The third-order valence-corrected chi connectivity index (χ3v) is 2.70. The number of rotatable bonds is 5. The molecule has 0 aliphatic carbocycles. The molecule has 1 aromatic rings. The van der Waals surface area contributed by atoms with E-state index in [0.29, 0.717) is 6.54 Å². The van der Waals surface area contributed by atoms with Crippen LogP contribution in [0.1, 0.15) is 9.88 Å². The minimum atomic E-state index is -0.607. The average Bonchev–Trinajstić information content (AvgIpc) is 2.61. The molecule has 1 atom stereocenters. The van der Waals surface area contributed by atoms with Crippen molar-refractivity contribution in [1.29, 1.82) is 0 Å². The number of nitrogens with one attached hydrogen (secondary N) is 1. The van der Waals surface area contributed by atoms with Crippen molar-refractivity contribution in [2.75, 3.05) is 13.7 Å². The van der Waals surface area contributed by atoms with Gasteiger partial charge in [-0.05, 0) is 6.92 Å². The van der Waals surface area contributed by atoms with E-state index in [4.69, 9.17) is 10.5 Å². The fraction of sp³-hybridized carbons (Fsp3) is 0.556. The second kappa shape index (κ2) is 5.79. The summed E-state index contributed by atoms with van der Waals surface area (Å²) in [5.41, 5.74) is 5.55. The van der Waals surface area contributed by atoms with E-state index < -0.39 is 6.04 Å². The van der Waals surface area contributed by atoms with Gasteiger partial charge in [0.2, 0.25) is 5.91 Å². The van der Waals surface area contributed by atoms with E-state index in [-0.39, 0.29) is 12.5 Å². The van der Waals surface area contributed by atoms with Crippen molar-refractivity contribution in [2.45, 2.75) is 19.5 Å². The Balaban J connectivity index is 2.34. The topological polar surface area (TPSA) is 77.2 Å². The minimum Gasteiger partial charge on any atom is -0.383 e. The number of methoxy groups -OCH3 is 1. The molecular formula is C9H15N3O2S. The lowest BCUT2D eigenvalue weighted by Gasteiger charge is -2.09. The molecule has 0 spiro atoms. The third kappa shape index (κ3) is 3.94. The Kier molecular flexibility index (Phi) is 4.67. The molecule has 15 heavy (non-hydrogen) atoms. The van der Waals surface area contributed by atoms with Crippen LogP contribution in [0.25, 0.3) is 0 Å². The highest BCUT2D eigenvalue weighted by atomic mass is 32.1. The molecule has 0 saturated heterocycles. The zero-order chi connectivity index (χ0) is 11.3. The van der Waals surface area contributed by atoms with Crippen LogP contribution in [-0.2, 0) is 16.1 Å². The van der Waals surface area contributed by atoms with Crippen molar-refractivity contribution in [1.82, 2.24) is 10.3 Å². The summed E-state index contributed by atoms with van der Waals surface area (Å²) in [4.78, 5) is 16.5. The Hall–Kier alpha value is -0.980. The van der Waals surface area contributed by atoms with Crippen LogP contribution in [0.4, 0.5) is 0 Å². The number of thiazole rings is 1. The molecule has 0 aromatic carbocycles. The number of aromatic nitrogens is 1. The van der Waals surface area contributed by atoms with Gasteiger partial charge in [-0.15, -0.1) is 11.3 Å². The van der Waals surface area contributed by atoms with Gasteiger partial charge in [-0.2, -0.15) is 0 Å². The molecule has 1 aromatic heterocycles. The van der Waals surface area contributed by atoms with Gasteiger partial charge in [-0.3, -0.25) is 4.79 Å². The van der Waals surface area contributed by atoms with E-state index >= 15 is 0 Å². The van der Waals surface area contributed by atoms with Gasteiger partial charge in [-0.1, -0.05) is 0 Å². The number of aryl methyl sites for hydroxylation is 1. The maximum absolute atomic E-state index is 11.4. The largest absolute Gasteiger partial charge is 0.383 e. The zero-order valence-corrected chi connectivity index (χ0v) is 9.63. The monoisotopic (exact) mass is 229 g/mol. The van der Waals surface area contributed by atoms with Crippen LogP contribution < -0.4 is 11.1 Å². The summed E-state index contributed by atoms with van der Waals surface area (Å²) in [5.74, 6) is -0.206. The Morgan fingerprint density at radius 3 is 3.07 bits per heavy atom. The maximum atomic E-state index is 11.4. The predicted molar refractivity (Wildman–Crippen MR) is 58.5 cm³/mol. The molecule has 0 saturated carbocycles. The summed E-state index contributed by atoms with van der Waals surface area (Å²) < 4.78 is 4.79. The molecule has 0 radical (unpaired) electrons. The van der Waals surface area contributed by atoms with Gasteiger partial charge in [0, 0.05) is 18.2 Å². The highest BCUT2D eigenvalue weighted by molar-refractivity contribution is 7.11. The average molecular weight is 229 g/mol. The van der Waals surface area contributed by atoms with Crippen molar-refractivity contribution < 1.29 is 9.53 Å². The van der Waals surface area contributed by atoms with Gasteiger partial charge in [0.25, 0.3) is 0 Å². The second-order valence-corrected chi connectivity index (χ2v) is 4.44. The first-order valence-electron chi connectivity index (χ1n) is 4.57. The van der Waals surface area contributed by atoms with Crippen LogP contribution in [0.3, 0.4) is 0 Å². The molecule has 1 rings (SSSR count). The number of amides is 1. The molecule has 3 N–H and O–H groups in total. The van der Waals surface area contributed by atoms with Crippen molar-refractivity contribution >= 4 is 17.2 Å². The summed E-state index contributed by atoms with van der Waals surface area (Å²) in [5, 5.41) is 3.71. The van der Waals surface area contributed by atoms with Gasteiger partial charge >= 0.3 is 0 Å². The minimum absolute atomic E-state index is 0.206. The van der Waals surface area contributed by atoms with E-state index in [1.165, 1.54) is 7.11 Å². The summed E-state index contributed by atoms with van der Waals surface area (Å²) in [7, 11) is 1.51. The van der Waals surface area contributed by atoms with Crippen molar-refractivity contribution in [3.8, 4) is 0 Å². The molecule has 1 heterocycles. The van der Waals surface area contributed by atoms with Gasteiger partial charge in [0.05, 0.1) is 18.2 Å². The van der Waals surface area contributed by atoms with Crippen molar-refractivity contribution in [2.24, 2.45) is 5.73 Å². The van der Waals surface area contributed by atoms with Crippen molar-refractivity contribution in [3.63, 3.8) is 0 Å². The normalized spacial score (nSPS) is 12.5. The molecule has 6 heteroatoms. The van der Waals surface area contributed by atoms with Crippen LogP contribution in [-0.4, -0.2) is 30.6 Å². The number of nitrogens with zero attached hydrogens (tertiary/aromatic N) is 1. The first kappa shape index (κ1) is 12.1. The Morgan fingerprint density at radius 1 is 1.80 bits per heavy atom. The number of carbonyl (C=O) groups is 1. The van der Waals surface area contributed by atoms with Gasteiger partial charge in [-0.25, -0.2) is 4.98 Å². The van der Waals surface area contributed by atoms with E-state index in [0.717, 1.165) is 9.88 Å². The van der Waals surface area contributed by atoms with Crippen LogP contribution in [0.5, 0.6) is 0 Å². The van der Waals surface area contributed by atoms with Gasteiger partial charge in [0.15, 0.2) is 0 Å². The molecule has 84 valence electrons. The SMILES string of the molecule is COCC(N)C(=O)NCc1cnc(C)s1. The van der Waals surface area contributed by atoms with Crippen molar-refractivity contribution in [3.05, 3.63) is 16.1 Å². The van der Waals surface area contributed by atoms with Crippen LogP contribution >= 0.6 is 11.3 Å². The van der Waals surface area contributed by atoms with Crippen LogP contribution in [0.2, 0.25) is 0 Å².